The zero-order valence-electron chi connectivity index (χ0n) is 7.16. The van der Waals surface area contributed by atoms with Crippen molar-refractivity contribution < 1.29 is 17.9 Å². The van der Waals surface area contributed by atoms with Gasteiger partial charge in [-0.3, -0.25) is 0 Å². The van der Waals surface area contributed by atoms with Crippen molar-refractivity contribution in [3.05, 3.63) is 0 Å². The van der Waals surface area contributed by atoms with Gasteiger partial charge >= 0.3 is 6.18 Å². The van der Waals surface area contributed by atoms with Crippen LogP contribution >= 0.6 is 0 Å². The van der Waals surface area contributed by atoms with Gasteiger partial charge in [-0.15, -0.1) is 0 Å². The lowest BCUT2D eigenvalue weighted by atomic mass is 10.2. The summed E-state index contributed by atoms with van der Waals surface area (Å²) in [6.07, 6.45) is -3.72. The molecule has 0 amide bonds. The number of ether oxygens (including phenoxy) is 1. The van der Waals surface area contributed by atoms with E-state index in [4.69, 9.17) is 0 Å². The van der Waals surface area contributed by atoms with Crippen LogP contribution in [0.25, 0.3) is 0 Å². The second-order valence-electron chi connectivity index (χ2n) is 2.13. The maximum atomic E-state index is 11.2. The Morgan fingerprint density at radius 1 is 1.18 bits per heavy atom. The Labute approximate surface area is 65.5 Å². The summed E-state index contributed by atoms with van der Waals surface area (Å²) in [5.41, 5.74) is 0. The second-order valence-corrected chi connectivity index (χ2v) is 2.13. The van der Waals surface area contributed by atoms with Crippen molar-refractivity contribution in [3.8, 4) is 0 Å². The van der Waals surface area contributed by atoms with E-state index in [1.165, 1.54) is 0 Å². The van der Waals surface area contributed by atoms with E-state index in [0.717, 1.165) is 0 Å². The number of unbranched alkanes of at least 4 members (excludes halogenated alkanes) is 1. The van der Waals surface area contributed by atoms with Crippen molar-refractivity contribution in [3.63, 3.8) is 0 Å². The quantitative estimate of drug-likeness (QED) is 0.622. The highest BCUT2D eigenvalue weighted by Crippen LogP contribution is 2.21. The molecule has 0 N–H and O–H groups in total. The number of hydrogen-bond acceptors (Lipinski definition) is 1. The van der Waals surface area contributed by atoms with E-state index in [0.29, 0.717) is 6.42 Å². The van der Waals surface area contributed by atoms with Crippen molar-refractivity contribution in [2.75, 3.05) is 14.2 Å². The maximum Gasteiger partial charge on any atom is 0.389 e. The van der Waals surface area contributed by atoms with Crippen LogP contribution in [0.15, 0.2) is 0 Å². The van der Waals surface area contributed by atoms with Crippen LogP contribution in [0, 0.1) is 0 Å². The van der Waals surface area contributed by atoms with E-state index in [9.17, 15) is 13.2 Å². The van der Waals surface area contributed by atoms with Gasteiger partial charge in [0.05, 0.1) is 0 Å². The molecule has 4 heteroatoms. The fourth-order valence-corrected chi connectivity index (χ4v) is 0.377. The summed E-state index contributed by atoms with van der Waals surface area (Å²) < 4.78 is 38.0. The van der Waals surface area contributed by atoms with Gasteiger partial charge in [-0.2, -0.15) is 13.2 Å². The highest BCUT2D eigenvalue weighted by atomic mass is 19.4. The molecule has 0 rings (SSSR count). The lowest BCUT2D eigenvalue weighted by molar-refractivity contribution is -0.135. The summed E-state index contributed by atoms with van der Waals surface area (Å²) in [4.78, 5) is 0. The van der Waals surface area contributed by atoms with Crippen molar-refractivity contribution in [1.82, 2.24) is 0 Å². The molecule has 0 aliphatic carbocycles. The van der Waals surface area contributed by atoms with Crippen molar-refractivity contribution >= 4 is 0 Å². The Morgan fingerprint density at radius 3 is 1.64 bits per heavy atom. The van der Waals surface area contributed by atoms with Gasteiger partial charge in [0, 0.05) is 20.6 Å². The van der Waals surface area contributed by atoms with Gasteiger partial charge in [-0.05, 0) is 6.42 Å². The summed E-state index contributed by atoms with van der Waals surface area (Å²) in [6, 6.07) is 0. The molecule has 0 heterocycles. The average Bonchev–Trinajstić information content (AvgIpc) is 1.84. The number of hydrogen-bond donors (Lipinski definition) is 0. The third-order valence-corrected chi connectivity index (χ3v) is 0.814. The van der Waals surface area contributed by atoms with Crippen molar-refractivity contribution in [2.24, 2.45) is 0 Å². The Morgan fingerprint density at radius 2 is 1.55 bits per heavy atom. The van der Waals surface area contributed by atoms with E-state index in [-0.39, 0.29) is 6.42 Å². The fourth-order valence-electron chi connectivity index (χ4n) is 0.377. The normalized spacial score (nSPS) is 10.4. The van der Waals surface area contributed by atoms with E-state index in [2.05, 4.69) is 4.74 Å². The Balaban J connectivity index is 0. The van der Waals surface area contributed by atoms with Crippen LogP contribution in [0.4, 0.5) is 13.2 Å². The first-order valence-electron chi connectivity index (χ1n) is 3.44. The molecule has 0 bridgehead atoms. The van der Waals surface area contributed by atoms with Gasteiger partial charge in [-0.1, -0.05) is 13.3 Å². The molecule has 0 aromatic carbocycles. The maximum absolute atomic E-state index is 11.2. The van der Waals surface area contributed by atoms with E-state index < -0.39 is 12.6 Å². The number of alkyl halides is 3. The standard InChI is InChI=1S/C5H9F3.C2H6O/c1-2-3-4-5(6,7)8;1-3-2/h2-4H2,1H3;1-2H3. The molecule has 0 aromatic rings. The first kappa shape index (κ1) is 13.3. The van der Waals surface area contributed by atoms with Crippen molar-refractivity contribution in [2.45, 2.75) is 32.4 Å². The third-order valence-electron chi connectivity index (χ3n) is 0.814. The Bertz CT molecular complexity index is 70.6. The summed E-state index contributed by atoms with van der Waals surface area (Å²) in [7, 11) is 3.25. The molecular weight excluding hydrogens is 157 g/mol. The first-order chi connectivity index (χ1) is 4.97. The monoisotopic (exact) mass is 172 g/mol. The molecule has 0 spiro atoms. The van der Waals surface area contributed by atoms with Gasteiger partial charge < -0.3 is 4.74 Å². The predicted molar refractivity (Wildman–Crippen MR) is 38.5 cm³/mol. The molecule has 0 saturated carbocycles. The van der Waals surface area contributed by atoms with Gasteiger partial charge in [0.2, 0.25) is 0 Å². The van der Waals surface area contributed by atoms with Crippen LogP contribution in [0.1, 0.15) is 26.2 Å². The zero-order valence-corrected chi connectivity index (χ0v) is 7.16. The van der Waals surface area contributed by atoms with Gasteiger partial charge in [-0.25, -0.2) is 0 Å². The Hall–Kier alpha value is -0.250. The van der Waals surface area contributed by atoms with Gasteiger partial charge in [0.25, 0.3) is 0 Å². The van der Waals surface area contributed by atoms with Crippen LogP contribution in [-0.2, 0) is 4.74 Å². The van der Waals surface area contributed by atoms with Crippen LogP contribution in [-0.4, -0.2) is 20.4 Å². The SMILES string of the molecule is CCCCC(F)(F)F.COC. The smallest absolute Gasteiger partial charge is 0.388 e. The average molecular weight is 172 g/mol. The Kier molecular flexibility index (Phi) is 9.53. The first-order valence-corrected chi connectivity index (χ1v) is 3.44. The lowest BCUT2D eigenvalue weighted by Gasteiger charge is -2.02. The molecule has 1 nitrogen and oxygen atoms in total. The zero-order chi connectivity index (χ0) is 9.33. The fraction of sp³-hybridized carbons (Fsp3) is 1.00. The molecule has 0 aliphatic rings. The molecule has 0 saturated heterocycles. The molecule has 0 radical (unpaired) electrons. The van der Waals surface area contributed by atoms with Crippen LogP contribution in [0.5, 0.6) is 0 Å². The molecular formula is C7H15F3O. The van der Waals surface area contributed by atoms with Crippen molar-refractivity contribution in [1.29, 1.82) is 0 Å². The van der Waals surface area contributed by atoms with Gasteiger partial charge in [0.1, 0.15) is 0 Å². The van der Waals surface area contributed by atoms with E-state index in [1.807, 2.05) is 0 Å². The number of halogens is 3. The summed E-state index contributed by atoms with van der Waals surface area (Å²) in [5.74, 6) is 0. The molecule has 0 unspecified atom stereocenters. The highest BCUT2D eigenvalue weighted by Gasteiger charge is 2.25. The van der Waals surface area contributed by atoms with Crippen LogP contribution in [0.3, 0.4) is 0 Å². The van der Waals surface area contributed by atoms with Gasteiger partial charge in [0.15, 0.2) is 0 Å². The van der Waals surface area contributed by atoms with E-state index >= 15 is 0 Å². The minimum absolute atomic E-state index is 0.253. The topological polar surface area (TPSA) is 9.23 Å². The predicted octanol–water partition coefficient (Wildman–Crippen LogP) is 3.00. The second kappa shape index (κ2) is 7.85. The summed E-state index contributed by atoms with van der Waals surface area (Å²) in [5, 5.41) is 0. The summed E-state index contributed by atoms with van der Waals surface area (Å²) >= 11 is 0. The molecule has 70 valence electrons. The molecule has 0 aromatic heterocycles. The minimum atomic E-state index is -3.95. The minimum Gasteiger partial charge on any atom is -0.388 e. The lowest BCUT2D eigenvalue weighted by Crippen LogP contribution is -2.05. The molecule has 11 heavy (non-hydrogen) atoms. The van der Waals surface area contributed by atoms with Crippen LogP contribution in [0.2, 0.25) is 0 Å². The largest absolute Gasteiger partial charge is 0.389 e. The van der Waals surface area contributed by atoms with E-state index in [1.54, 1.807) is 21.1 Å². The molecule has 0 fully saturated rings. The highest BCUT2D eigenvalue weighted by molar-refractivity contribution is 4.47. The summed E-state index contributed by atoms with van der Waals surface area (Å²) in [6.45, 7) is 1.74. The van der Waals surface area contributed by atoms with Crippen LogP contribution < -0.4 is 0 Å². The molecule has 0 aliphatic heterocycles. The molecule has 0 atom stereocenters. The number of methoxy groups -OCH3 is 1. The third kappa shape index (κ3) is 26.0. The number of rotatable bonds is 2.